The lowest BCUT2D eigenvalue weighted by Gasteiger charge is -2.10. The number of carbonyl (C=O) groups excluding carboxylic acids is 1. The first-order valence-corrected chi connectivity index (χ1v) is 6.67. The predicted octanol–water partition coefficient (Wildman–Crippen LogP) is 2.59. The summed E-state index contributed by atoms with van der Waals surface area (Å²) in [6, 6.07) is 10.7. The minimum Gasteiger partial charge on any atom is -0.322 e. The zero-order chi connectivity index (χ0) is 14.5. The van der Waals surface area contributed by atoms with E-state index in [0.717, 1.165) is 24.1 Å². The number of nitrogens with zero attached hydrogens (tertiary/aromatic N) is 1. The summed E-state index contributed by atoms with van der Waals surface area (Å²) >= 11 is 0. The third-order valence-corrected chi connectivity index (χ3v) is 3.15. The predicted molar refractivity (Wildman–Crippen MR) is 80.1 cm³/mol. The average molecular weight is 270 g/mol. The number of pyridine rings is 1. The number of hydrogen-bond acceptors (Lipinski definition) is 2. The summed E-state index contributed by atoms with van der Waals surface area (Å²) in [7, 11) is 1.65. The lowest BCUT2D eigenvalue weighted by atomic mass is 10.1. The van der Waals surface area contributed by atoms with E-state index >= 15 is 0 Å². The van der Waals surface area contributed by atoms with Gasteiger partial charge in [0.1, 0.15) is 0 Å². The van der Waals surface area contributed by atoms with Gasteiger partial charge < -0.3 is 9.88 Å². The minimum absolute atomic E-state index is 0.195. The van der Waals surface area contributed by atoms with E-state index in [1.807, 2.05) is 24.3 Å². The lowest BCUT2D eigenvalue weighted by molar-refractivity contribution is 0.102. The van der Waals surface area contributed by atoms with Crippen LogP contribution < -0.4 is 10.9 Å². The fraction of sp³-hybridized carbons (Fsp3) is 0.250. The van der Waals surface area contributed by atoms with Crippen molar-refractivity contribution in [2.24, 2.45) is 7.05 Å². The Balaban J connectivity index is 2.23. The first kappa shape index (κ1) is 14.1. The Morgan fingerprint density at radius 1 is 1.25 bits per heavy atom. The van der Waals surface area contributed by atoms with Gasteiger partial charge in [-0.05, 0) is 24.1 Å². The van der Waals surface area contributed by atoms with Crippen molar-refractivity contribution >= 4 is 11.6 Å². The van der Waals surface area contributed by atoms with Crippen LogP contribution >= 0.6 is 0 Å². The van der Waals surface area contributed by atoms with Crippen molar-refractivity contribution in [1.29, 1.82) is 0 Å². The molecular weight excluding hydrogens is 252 g/mol. The van der Waals surface area contributed by atoms with Crippen LogP contribution in [0, 0.1) is 0 Å². The second-order valence-corrected chi connectivity index (χ2v) is 4.73. The number of anilines is 1. The van der Waals surface area contributed by atoms with Gasteiger partial charge >= 0.3 is 0 Å². The molecule has 1 N–H and O–H groups in total. The van der Waals surface area contributed by atoms with E-state index in [4.69, 9.17) is 0 Å². The Bertz CT molecular complexity index is 674. The molecule has 1 amide bonds. The fourth-order valence-electron chi connectivity index (χ4n) is 2.01. The largest absolute Gasteiger partial charge is 0.322 e. The highest BCUT2D eigenvalue weighted by molar-refractivity contribution is 6.04. The van der Waals surface area contributed by atoms with Gasteiger partial charge in [0.15, 0.2) is 0 Å². The van der Waals surface area contributed by atoms with Gasteiger partial charge in [-0.25, -0.2) is 0 Å². The van der Waals surface area contributed by atoms with E-state index in [9.17, 15) is 9.59 Å². The summed E-state index contributed by atoms with van der Waals surface area (Å²) in [6.45, 7) is 2.10. The molecule has 0 radical (unpaired) electrons. The van der Waals surface area contributed by atoms with Gasteiger partial charge in [-0.1, -0.05) is 31.5 Å². The Morgan fingerprint density at radius 3 is 2.70 bits per heavy atom. The van der Waals surface area contributed by atoms with Crippen LogP contribution in [0.1, 0.15) is 29.3 Å². The summed E-state index contributed by atoms with van der Waals surface area (Å²) in [4.78, 5) is 23.7. The summed E-state index contributed by atoms with van der Waals surface area (Å²) < 4.78 is 1.43. The molecule has 0 aliphatic carbocycles. The van der Waals surface area contributed by atoms with Crippen LogP contribution in [0.2, 0.25) is 0 Å². The van der Waals surface area contributed by atoms with Crippen molar-refractivity contribution in [3.63, 3.8) is 0 Å². The maximum atomic E-state index is 12.2. The molecule has 2 aromatic rings. The van der Waals surface area contributed by atoms with Crippen molar-refractivity contribution in [2.75, 3.05) is 5.32 Å². The summed E-state index contributed by atoms with van der Waals surface area (Å²) in [5, 5.41) is 2.87. The number of hydrogen-bond donors (Lipinski definition) is 1. The molecule has 0 aliphatic rings. The van der Waals surface area contributed by atoms with E-state index in [0.29, 0.717) is 5.56 Å². The molecule has 4 nitrogen and oxygen atoms in total. The van der Waals surface area contributed by atoms with Gasteiger partial charge in [0.25, 0.3) is 11.5 Å². The maximum absolute atomic E-state index is 12.2. The Kier molecular flexibility index (Phi) is 4.35. The highest BCUT2D eigenvalue weighted by Crippen LogP contribution is 2.17. The molecule has 0 saturated heterocycles. The molecule has 0 bridgehead atoms. The smallest absolute Gasteiger partial charge is 0.255 e. The molecule has 0 fully saturated rings. The van der Waals surface area contributed by atoms with Gasteiger partial charge in [-0.3, -0.25) is 9.59 Å². The molecule has 4 heteroatoms. The fourth-order valence-corrected chi connectivity index (χ4v) is 2.01. The first-order chi connectivity index (χ1) is 9.61. The molecule has 0 aliphatic heterocycles. The molecule has 1 aromatic carbocycles. The summed E-state index contributed by atoms with van der Waals surface area (Å²) in [5.41, 5.74) is 2.09. The number of para-hydroxylation sites is 1. The number of benzene rings is 1. The van der Waals surface area contributed by atoms with E-state index in [2.05, 4.69) is 12.2 Å². The molecule has 104 valence electrons. The molecule has 1 heterocycles. The minimum atomic E-state index is -0.258. The van der Waals surface area contributed by atoms with E-state index in [1.165, 1.54) is 10.6 Å². The first-order valence-electron chi connectivity index (χ1n) is 6.67. The molecule has 20 heavy (non-hydrogen) atoms. The lowest BCUT2D eigenvalue weighted by Crippen LogP contribution is -2.20. The average Bonchev–Trinajstić information content (AvgIpc) is 2.44. The van der Waals surface area contributed by atoms with Gasteiger partial charge in [-0.2, -0.15) is 0 Å². The number of aryl methyl sites for hydroxylation is 2. The van der Waals surface area contributed by atoms with Crippen LogP contribution in [-0.4, -0.2) is 10.5 Å². The van der Waals surface area contributed by atoms with Crippen LogP contribution in [0.15, 0.2) is 47.4 Å². The van der Waals surface area contributed by atoms with E-state index < -0.39 is 0 Å². The Hall–Kier alpha value is -2.36. The number of aromatic nitrogens is 1. The highest BCUT2D eigenvalue weighted by Gasteiger charge is 2.09. The third kappa shape index (κ3) is 3.15. The molecule has 0 atom stereocenters. The number of amides is 1. The van der Waals surface area contributed by atoms with Crippen LogP contribution in [-0.2, 0) is 13.5 Å². The summed E-state index contributed by atoms with van der Waals surface area (Å²) in [5.74, 6) is -0.258. The molecule has 0 spiro atoms. The van der Waals surface area contributed by atoms with Crippen LogP contribution in [0.5, 0.6) is 0 Å². The van der Waals surface area contributed by atoms with Gasteiger partial charge in [0.2, 0.25) is 0 Å². The third-order valence-electron chi connectivity index (χ3n) is 3.15. The zero-order valence-corrected chi connectivity index (χ0v) is 11.7. The number of rotatable bonds is 4. The van der Waals surface area contributed by atoms with Gasteiger partial charge in [-0.15, -0.1) is 0 Å². The van der Waals surface area contributed by atoms with Crippen molar-refractivity contribution in [2.45, 2.75) is 19.8 Å². The quantitative estimate of drug-likeness (QED) is 0.928. The molecule has 1 aromatic heterocycles. The zero-order valence-electron chi connectivity index (χ0n) is 11.7. The second kappa shape index (κ2) is 6.19. The second-order valence-electron chi connectivity index (χ2n) is 4.73. The topological polar surface area (TPSA) is 51.1 Å². The van der Waals surface area contributed by atoms with Crippen molar-refractivity contribution < 1.29 is 4.79 Å². The maximum Gasteiger partial charge on any atom is 0.255 e. The SMILES string of the molecule is CCCc1ccccc1NC(=O)c1ccn(C)c(=O)c1. The number of carbonyl (C=O) groups is 1. The van der Waals surface area contributed by atoms with Crippen molar-refractivity contribution in [3.8, 4) is 0 Å². The Labute approximate surface area is 118 Å². The van der Waals surface area contributed by atoms with Gasteiger partial charge in [0, 0.05) is 30.6 Å². The Morgan fingerprint density at radius 2 is 2.00 bits per heavy atom. The molecule has 0 saturated carbocycles. The number of nitrogens with one attached hydrogen (secondary N) is 1. The van der Waals surface area contributed by atoms with Crippen LogP contribution in [0.4, 0.5) is 5.69 Å². The highest BCUT2D eigenvalue weighted by atomic mass is 16.2. The monoisotopic (exact) mass is 270 g/mol. The van der Waals surface area contributed by atoms with Crippen LogP contribution in [0.25, 0.3) is 0 Å². The summed E-state index contributed by atoms with van der Waals surface area (Å²) in [6.07, 6.45) is 3.51. The standard InChI is InChI=1S/C16H18N2O2/c1-3-6-12-7-4-5-8-14(12)17-16(20)13-9-10-18(2)15(19)11-13/h4-5,7-11H,3,6H2,1-2H3,(H,17,20). The van der Waals surface area contributed by atoms with Crippen molar-refractivity contribution in [3.05, 3.63) is 64.1 Å². The molecular formula is C16H18N2O2. The van der Waals surface area contributed by atoms with E-state index in [1.54, 1.807) is 19.3 Å². The van der Waals surface area contributed by atoms with E-state index in [-0.39, 0.29) is 11.5 Å². The normalized spacial score (nSPS) is 10.3. The molecule has 0 unspecified atom stereocenters. The van der Waals surface area contributed by atoms with Gasteiger partial charge in [0.05, 0.1) is 0 Å². The van der Waals surface area contributed by atoms with Crippen molar-refractivity contribution in [1.82, 2.24) is 4.57 Å². The van der Waals surface area contributed by atoms with Crippen LogP contribution in [0.3, 0.4) is 0 Å². The molecule has 2 rings (SSSR count).